The lowest BCUT2D eigenvalue weighted by Crippen LogP contribution is -2.16. The summed E-state index contributed by atoms with van der Waals surface area (Å²) < 4.78 is 0. The number of nitrogens with zero attached hydrogens (tertiary/aromatic N) is 3. The minimum atomic E-state index is 0.264. The summed E-state index contributed by atoms with van der Waals surface area (Å²) in [5, 5.41) is 0. The van der Waals surface area contributed by atoms with Crippen LogP contribution in [-0.4, -0.2) is 15.0 Å². The van der Waals surface area contributed by atoms with E-state index < -0.39 is 0 Å². The van der Waals surface area contributed by atoms with Gasteiger partial charge in [-0.05, 0) is 37.8 Å². The van der Waals surface area contributed by atoms with Crippen LogP contribution in [-0.2, 0) is 6.42 Å². The summed E-state index contributed by atoms with van der Waals surface area (Å²) in [6.07, 6.45) is 6.78. The molecule has 18 heavy (non-hydrogen) atoms. The van der Waals surface area contributed by atoms with E-state index in [1.54, 1.807) is 6.33 Å². The molecule has 0 spiro atoms. The van der Waals surface area contributed by atoms with E-state index in [1.165, 1.54) is 12.0 Å². The van der Waals surface area contributed by atoms with Crippen molar-refractivity contribution in [3.63, 3.8) is 0 Å². The molecule has 1 aliphatic rings. The number of nitrogens with two attached hydrogens (primary N) is 1. The van der Waals surface area contributed by atoms with E-state index in [-0.39, 0.29) is 5.92 Å². The van der Waals surface area contributed by atoms with E-state index in [0.717, 1.165) is 29.8 Å². The first-order valence-electron chi connectivity index (χ1n) is 6.28. The van der Waals surface area contributed by atoms with Gasteiger partial charge in [-0.25, -0.2) is 9.97 Å². The molecule has 4 heteroatoms. The summed E-state index contributed by atoms with van der Waals surface area (Å²) in [7, 11) is 0. The van der Waals surface area contributed by atoms with Crippen LogP contribution in [0.1, 0.15) is 41.3 Å². The Morgan fingerprint density at radius 1 is 1.22 bits per heavy atom. The summed E-state index contributed by atoms with van der Waals surface area (Å²) in [5.74, 6) is 0.836. The van der Waals surface area contributed by atoms with E-state index in [2.05, 4.69) is 21.0 Å². The standard InChI is InChI=1S/C14H16N4/c1-9-12(17-8-18-14(9)15)11-6-2-4-10-5-3-7-16-13(10)11/h3,5,7-8,11H,2,4,6H2,1H3,(H2,15,17,18). The molecule has 0 fully saturated rings. The second-order valence-corrected chi connectivity index (χ2v) is 4.76. The maximum atomic E-state index is 5.88. The Bertz CT molecular complexity index is 580. The molecule has 4 nitrogen and oxygen atoms in total. The van der Waals surface area contributed by atoms with Gasteiger partial charge < -0.3 is 5.73 Å². The number of nitrogen functional groups attached to an aromatic ring is 1. The molecule has 0 bridgehead atoms. The Labute approximate surface area is 106 Å². The number of hydrogen-bond donors (Lipinski definition) is 1. The van der Waals surface area contributed by atoms with Crippen LogP contribution >= 0.6 is 0 Å². The molecule has 0 aliphatic heterocycles. The Hall–Kier alpha value is -1.97. The fourth-order valence-corrected chi connectivity index (χ4v) is 2.71. The molecule has 0 aromatic carbocycles. The number of aryl methyl sites for hydroxylation is 1. The predicted molar refractivity (Wildman–Crippen MR) is 70.2 cm³/mol. The zero-order valence-electron chi connectivity index (χ0n) is 10.4. The predicted octanol–water partition coefficient (Wildman–Crippen LogP) is 2.23. The van der Waals surface area contributed by atoms with E-state index >= 15 is 0 Å². The van der Waals surface area contributed by atoms with Gasteiger partial charge in [-0.1, -0.05) is 6.07 Å². The van der Waals surface area contributed by atoms with Crippen LogP contribution in [0.3, 0.4) is 0 Å². The number of fused-ring (bicyclic) bond motifs is 1. The van der Waals surface area contributed by atoms with Gasteiger partial charge in [0.15, 0.2) is 0 Å². The first-order valence-corrected chi connectivity index (χ1v) is 6.28. The van der Waals surface area contributed by atoms with Crippen molar-refractivity contribution in [3.05, 3.63) is 47.2 Å². The molecule has 92 valence electrons. The molecule has 2 N–H and O–H groups in total. The molecule has 0 saturated heterocycles. The maximum Gasteiger partial charge on any atom is 0.129 e. The van der Waals surface area contributed by atoms with Gasteiger partial charge in [0, 0.05) is 17.7 Å². The highest BCUT2D eigenvalue weighted by atomic mass is 14.9. The van der Waals surface area contributed by atoms with Crippen LogP contribution in [0.5, 0.6) is 0 Å². The van der Waals surface area contributed by atoms with Crippen molar-refractivity contribution < 1.29 is 0 Å². The first-order chi connectivity index (χ1) is 8.77. The third kappa shape index (κ3) is 1.74. The average molecular weight is 240 g/mol. The Kier molecular flexibility index (Phi) is 2.70. The van der Waals surface area contributed by atoms with E-state index in [4.69, 9.17) is 5.73 Å². The molecule has 1 unspecified atom stereocenters. The highest BCUT2D eigenvalue weighted by Gasteiger charge is 2.25. The van der Waals surface area contributed by atoms with Crippen molar-refractivity contribution in [1.29, 1.82) is 0 Å². The van der Waals surface area contributed by atoms with Crippen molar-refractivity contribution in [2.75, 3.05) is 5.73 Å². The van der Waals surface area contributed by atoms with E-state index in [9.17, 15) is 0 Å². The van der Waals surface area contributed by atoms with Crippen molar-refractivity contribution in [2.45, 2.75) is 32.1 Å². The zero-order chi connectivity index (χ0) is 12.5. The summed E-state index contributed by atoms with van der Waals surface area (Å²) in [6, 6.07) is 4.16. The molecule has 1 atom stereocenters. The molecule has 0 saturated carbocycles. The summed E-state index contributed by atoms with van der Waals surface area (Å²) in [4.78, 5) is 13.0. The average Bonchev–Trinajstić information content (AvgIpc) is 2.41. The van der Waals surface area contributed by atoms with Gasteiger partial charge in [0.2, 0.25) is 0 Å². The van der Waals surface area contributed by atoms with Gasteiger partial charge in [0.25, 0.3) is 0 Å². The van der Waals surface area contributed by atoms with Crippen LogP contribution in [0.2, 0.25) is 0 Å². The molecule has 2 heterocycles. The summed E-state index contributed by atoms with van der Waals surface area (Å²) in [6.45, 7) is 1.99. The molecule has 2 aromatic rings. The van der Waals surface area contributed by atoms with Crippen LogP contribution in [0.25, 0.3) is 0 Å². The topological polar surface area (TPSA) is 64.7 Å². The van der Waals surface area contributed by atoms with Crippen LogP contribution in [0, 0.1) is 6.92 Å². The molecule has 2 aromatic heterocycles. The molecule has 0 radical (unpaired) electrons. The van der Waals surface area contributed by atoms with Gasteiger partial charge in [0.1, 0.15) is 12.1 Å². The van der Waals surface area contributed by atoms with Crippen LogP contribution < -0.4 is 5.73 Å². The fraction of sp³-hybridized carbons (Fsp3) is 0.357. The third-order valence-corrected chi connectivity index (χ3v) is 3.69. The minimum Gasteiger partial charge on any atom is -0.383 e. The minimum absolute atomic E-state index is 0.264. The number of aromatic nitrogens is 3. The molecule has 3 rings (SSSR count). The lowest BCUT2D eigenvalue weighted by atomic mass is 9.83. The molecule has 1 aliphatic carbocycles. The fourth-order valence-electron chi connectivity index (χ4n) is 2.71. The Morgan fingerprint density at radius 2 is 2.11 bits per heavy atom. The van der Waals surface area contributed by atoms with Crippen molar-refractivity contribution in [1.82, 2.24) is 15.0 Å². The van der Waals surface area contributed by atoms with Crippen molar-refractivity contribution >= 4 is 5.82 Å². The maximum absolute atomic E-state index is 5.88. The second kappa shape index (κ2) is 4.37. The zero-order valence-corrected chi connectivity index (χ0v) is 10.4. The highest BCUT2D eigenvalue weighted by Crippen LogP contribution is 2.35. The van der Waals surface area contributed by atoms with Gasteiger partial charge in [-0.2, -0.15) is 0 Å². The molecule has 0 amide bonds. The quantitative estimate of drug-likeness (QED) is 0.830. The van der Waals surface area contributed by atoms with Crippen LogP contribution in [0.15, 0.2) is 24.7 Å². The van der Waals surface area contributed by atoms with Gasteiger partial charge >= 0.3 is 0 Å². The largest absolute Gasteiger partial charge is 0.383 e. The van der Waals surface area contributed by atoms with Crippen molar-refractivity contribution in [2.24, 2.45) is 0 Å². The molecular weight excluding hydrogens is 224 g/mol. The lowest BCUT2D eigenvalue weighted by molar-refractivity contribution is 0.584. The summed E-state index contributed by atoms with van der Waals surface area (Å²) in [5.41, 5.74) is 10.4. The Balaban J connectivity index is 2.11. The smallest absolute Gasteiger partial charge is 0.129 e. The van der Waals surface area contributed by atoms with Crippen molar-refractivity contribution in [3.8, 4) is 0 Å². The van der Waals surface area contributed by atoms with Gasteiger partial charge in [0.05, 0.1) is 11.4 Å². The highest BCUT2D eigenvalue weighted by molar-refractivity contribution is 5.44. The molecular formula is C14H16N4. The normalized spacial score (nSPS) is 18.4. The van der Waals surface area contributed by atoms with Crippen LogP contribution in [0.4, 0.5) is 5.82 Å². The number of anilines is 1. The summed E-state index contributed by atoms with van der Waals surface area (Å²) >= 11 is 0. The number of rotatable bonds is 1. The lowest BCUT2D eigenvalue weighted by Gasteiger charge is -2.24. The number of pyridine rings is 1. The van der Waals surface area contributed by atoms with Gasteiger partial charge in [-0.15, -0.1) is 0 Å². The monoisotopic (exact) mass is 240 g/mol. The second-order valence-electron chi connectivity index (χ2n) is 4.76. The van der Waals surface area contributed by atoms with Gasteiger partial charge in [-0.3, -0.25) is 4.98 Å². The van der Waals surface area contributed by atoms with E-state index in [0.29, 0.717) is 5.82 Å². The Morgan fingerprint density at radius 3 is 3.00 bits per heavy atom. The third-order valence-electron chi connectivity index (χ3n) is 3.69. The SMILES string of the molecule is Cc1c(N)ncnc1C1CCCc2cccnc21. The first kappa shape index (κ1) is 11.1. The van der Waals surface area contributed by atoms with E-state index in [1.807, 2.05) is 19.2 Å². The number of hydrogen-bond acceptors (Lipinski definition) is 4.